The molecule has 92 valence electrons. The summed E-state index contributed by atoms with van der Waals surface area (Å²) in [6, 6.07) is 4.15. The fraction of sp³-hybridized carbons (Fsp3) is 0.538. The summed E-state index contributed by atoms with van der Waals surface area (Å²) in [5.41, 5.74) is 2.47. The number of rotatable bonds is 4. The van der Waals surface area contributed by atoms with Crippen molar-refractivity contribution in [3.05, 3.63) is 27.7 Å². The Morgan fingerprint density at radius 3 is 2.12 bits per heavy atom. The number of hydrogen-bond donors (Lipinski definition) is 1. The molecule has 16 heavy (non-hydrogen) atoms. The zero-order valence-corrected chi connectivity index (χ0v) is 12.1. The first-order valence-electron chi connectivity index (χ1n) is 5.49. The van der Waals surface area contributed by atoms with Gasteiger partial charge in [0, 0.05) is 11.6 Å². The minimum Gasteiger partial charge on any atom is -0.494 e. The molecule has 0 saturated heterocycles. The third-order valence-electron chi connectivity index (χ3n) is 2.18. The van der Waals surface area contributed by atoms with E-state index in [2.05, 4.69) is 48.8 Å². The fourth-order valence-electron chi connectivity index (χ4n) is 1.32. The number of ether oxygens (including phenoxy) is 1. The quantitative estimate of drug-likeness (QED) is 0.853. The summed E-state index contributed by atoms with van der Waals surface area (Å²) in [5, 5.41) is 7.00. The molecule has 0 atom stereocenters. The molecule has 0 aliphatic carbocycles. The van der Waals surface area contributed by atoms with Gasteiger partial charge in [0.1, 0.15) is 5.75 Å². The first-order chi connectivity index (χ1) is 7.65. The highest BCUT2D eigenvalue weighted by molar-refractivity contribution is 9.10. The number of aliphatic hydroxyl groups excluding tert-OH is 1. The van der Waals surface area contributed by atoms with Crippen LogP contribution in [0.2, 0.25) is 0 Å². The molecule has 1 rings (SSSR count). The predicted octanol–water partition coefficient (Wildman–Crippen LogP) is 3.85. The van der Waals surface area contributed by atoms with E-state index < -0.39 is 0 Å². The molecule has 0 spiro atoms. The van der Waals surface area contributed by atoms with Crippen LogP contribution in [0.15, 0.2) is 16.6 Å². The van der Waals surface area contributed by atoms with Gasteiger partial charge in [-0.15, -0.1) is 0 Å². The van der Waals surface area contributed by atoms with E-state index in [4.69, 9.17) is 9.84 Å². The lowest BCUT2D eigenvalue weighted by Crippen LogP contribution is -1.97. The molecule has 1 aromatic carbocycles. The number of halogens is 1. The first-order valence-corrected chi connectivity index (χ1v) is 6.28. The fourth-order valence-corrected chi connectivity index (χ4v) is 1.55. The maximum absolute atomic E-state index is 7.00. The van der Waals surface area contributed by atoms with E-state index in [1.54, 1.807) is 0 Å². The van der Waals surface area contributed by atoms with Crippen LogP contribution >= 0.6 is 15.9 Å². The van der Waals surface area contributed by atoms with E-state index in [1.165, 1.54) is 22.0 Å². The normalized spacial score (nSPS) is 9.38. The van der Waals surface area contributed by atoms with Crippen molar-refractivity contribution in [3.8, 4) is 5.75 Å². The Morgan fingerprint density at radius 1 is 1.19 bits per heavy atom. The number of benzene rings is 1. The molecule has 0 saturated carbocycles. The van der Waals surface area contributed by atoms with Gasteiger partial charge in [-0.05, 0) is 43.5 Å². The van der Waals surface area contributed by atoms with Crippen LogP contribution in [0.5, 0.6) is 5.75 Å². The largest absolute Gasteiger partial charge is 0.494 e. The van der Waals surface area contributed by atoms with Gasteiger partial charge in [0.2, 0.25) is 0 Å². The summed E-state index contributed by atoms with van der Waals surface area (Å²) in [4.78, 5) is 0. The summed E-state index contributed by atoms with van der Waals surface area (Å²) in [6.45, 7) is 7.16. The van der Waals surface area contributed by atoms with Crippen molar-refractivity contribution in [3.63, 3.8) is 0 Å². The van der Waals surface area contributed by atoms with Crippen LogP contribution in [0.25, 0.3) is 0 Å². The molecule has 0 aromatic heterocycles. The van der Waals surface area contributed by atoms with Crippen molar-refractivity contribution < 1.29 is 9.84 Å². The van der Waals surface area contributed by atoms with Gasteiger partial charge in [-0.3, -0.25) is 0 Å². The molecule has 3 heteroatoms. The van der Waals surface area contributed by atoms with Gasteiger partial charge in [-0.25, -0.2) is 0 Å². The topological polar surface area (TPSA) is 29.5 Å². The van der Waals surface area contributed by atoms with Crippen molar-refractivity contribution in [2.45, 2.75) is 33.6 Å². The monoisotopic (exact) mass is 288 g/mol. The second-order valence-electron chi connectivity index (χ2n) is 3.57. The summed E-state index contributed by atoms with van der Waals surface area (Å²) in [7, 11) is 1.00. The second kappa shape index (κ2) is 8.59. The minimum atomic E-state index is 0.816. The number of unbranched alkanes of at least 4 members (excludes halogenated alkanes) is 1. The number of aliphatic hydroxyl groups is 1. The molecule has 0 aliphatic heterocycles. The lowest BCUT2D eigenvalue weighted by molar-refractivity contribution is 0.309. The highest BCUT2D eigenvalue weighted by Gasteiger charge is 2.02. The van der Waals surface area contributed by atoms with E-state index in [0.29, 0.717) is 0 Å². The van der Waals surface area contributed by atoms with Gasteiger partial charge in [0.05, 0.1) is 6.61 Å². The Hall–Kier alpha value is -0.540. The van der Waals surface area contributed by atoms with Crippen molar-refractivity contribution in [2.75, 3.05) is 13.7 Å². The van der Waals surface area contributed by atoms with Crippen molar-refractivity contribution >= 4 is 15.9 Å². The molecule has 0 radical (unpaired) electrons. The van der Waals surface area contributed by atoms with Crippen LogP contribution < -0.4 is 4.74 Å². The van der Waals surface area contributed by atoms with Crippen LogP contribution in [0.1, 0.15) is 30.9 Å². The lowest BCUT2D eigenvalue weighted by Gasteiger charge is -2.09. The molecule has 0 fully saturated rings. The molecule has 0 unspecified atom stereocenters. The standard InChI is InChI=1S/C12H17BrO.CH4O/c1-4-5-6-14-11-7-9(2)12(13)10(3)8-11;1-2/h7-8H,4-6H2,1-3H3;2H,1H3. The molecule has 2 nitrogen and oxygen atoms in total. The average molecular weight is 289 g/mol. The highest BCUT2D eigenvalue weighted by atomic mass is 79.9. The van der Waals surface area contributed by atoms with Gasteiger partial charge in [-0.1, -0.05) is 29.3 Å². The Balaban J connectivity index is 0.00000106. The van der Waals surface area contributed by atoms with Crippen LogP contribution in [0, 0.1) is 13.8 Å². The molecule has 0 amide bonds. The van der Waals surface area contributed by atoms with Gasteiger partial charge in [-0.2, -0.15) is 0 Å². The maximum Gasteiger partial charge on any atom is 0.119 e. The Morgan fingerprint density at radius 2 is 1.69 bits per heavy atom. The molecule has 1 N–H and O–H groups in total. The minimum absolute atomic E-state index is 0.816. The smallest absolute Gasteiger partial charge is 0.119 e. The zero-order valence-electron chi connectivity index (χ0n) is 10.5. The average Bonchev–Trinajstić information content (AvgIpc) is 2.29. The first kappa shape index (κ1) is 15.5. The van der Waals surface area contributed by atoms with E-state index in [-0.39, 0.29) is 0 Å². The second-order valence-corrected chi connectivity index (χ2v) is 4.37. The summed E-state index contributed by atoms with van der Waals surface area (Å²) in [5.74, 6) is 0.983. The summed E-state index contributed by atoms with van der Waals surface area (Å²) < 4.78 is 6.82. The molecule has 0 aliphatic rings. The summed E-state index contributed by atoms with van der Waals surface area (Å²) in [6.07, 6.45) is 2.29. The van der Waals surface area contributed by atoms with E-state index in [0.717, 1.165) is 25.9 Å². The van der Waals surface area contributed by atoms with Crippen LogP contribution in [-0.2, 0) is 0 Å². The van der Waals surface area contributed by atoms with Crippen molar-refractivity contribution in [2.24, 2.45) is 0 Å². The van der Waals surface area contributed by atoms with E-state index in [1.807, 2.05) is 0 Å². The Labute approximate surface area is 107 Å². The third-order valence-corrected chi connectivity index (χ3v) is 3.43. The molecular formula is C13H21BrO2. The van der Waals surface area contributed by atoms with Crippen LogP contribution in [0.4, 0.5) is 0 Å². The predicted molar refractivity (Wildman–Crippen MR) is 72.2 cm³/mol. The number of hydrogen-bond acceptors (Lipinski definition) is 2. The SMILES string of the molecule is CCCCOc1cc(C)c(Br)c(C)c1.CO. The molecular weight excluding hydrogens is 268 g/mol. The Bertz CT molecular complexity index is 288. The van der Waals surface area contributed by atoms with Gasteiger partial charge < -0.3 is 9.84 Å². The van der Waals surface area contributed by atoms with Crippen molar-refractivity contribution in [1.82, 2.24) is 0 Å². The van der Waals surface area contributed by atoms with Crippen LogP contribution in [0.3, 0.4) is 0 Å². The van der Waals surface area contributed by atoms with Crippen LogP contribution in [-0.4, -0.2) is 18.8 Å². The third kappa shape index (κ3) is 4.99. The van der Waals surface area contributed by atoms with E-state index in [9.17, 15) is 0 Å². The van der Waals surface area contributed by atoms with Gasteiger partial charge in [0.25, 0.3) is 0 Å². The highest BCUT2D eigenvalue weighted by Crippen LogP contribution is 2.26. The zero-order chi connectivity index (χ0) is 12.6. The Kier molecular flexibility index (Phi) is 8.30. The lowest BCUT2D eigenvalue weighted by atomic mass is 10.1. The molecule has 0 bridgehead atoms. The van der Waals surface area contributed by atoms with Gasteiger partial charge in [0.15, 0.2) is 0 Å². The van der Waals surface area contributed by atoms with Crippen molar-refractivity contribution in [1.29, 1.82) is 0 Å². The van der Waals surface area contributed by atoms with E-state index >= 15 is 0 Å². The summed E-state index contributed by atoms with van der Waals surface area (Å²) >= 11 is 3.54. The number of aryl methyl sites for hydroxylation is 2. The molecule has 1 aromatic rings. The van der Waals surface area contributed by atoms with Gasteiger partial charge >= 0.3 is 0 Å². The molecule has 0 heterocycles. The maximum atomic E-state index is 7.00.